The molecule has 3 aromatic heterocycles. The molecule has 1 N–H and O–H groups in total. The molecule has 0 saturated heterocycles. The summed E-state index contributed by atoms with van der Waals surface area (Å²) in [5.74, 6) is -0.171. The lowest BCUT2D eigenvalue weighted by Crippen LogP contribution is -2.11. The normalized spacial score (nSPS) is 10.4. The summed E-state index contributed by atoms with van der Waals surface area (Å²) in [7, 11) is 0. The Bertz CT molecular complexity index is 734. The third kappa shape index (κ3) is 2.76. The summed E-state index contributed by atoms with van der Waals surface area (Å²) in [6.07, 6.45) is 3.19. The van der Waals surface area contributed by atoms with Crippen LogP contribution in [0.5, 0.6) is 0 Å². The fraction of sp³-hybridized carbons (Fsp3) is 0.0714. The van der Waals surface area contributed by atoms with Crippen molar-refractivity contribution in [3.8, 4) is 10.6 Å². The third-order valence-electron chi connectivity index (χ3n) is 2.66. The van der Waals surface area contributed by atoms with Gasteiger partial charge in [-0.1, -0.05) is 0 Å². The van der Waals surface area contributed by atoms with Gasteiger partial charge in [0.25, 0.3) is 5.91 Å². The van der Waals surface area contributed by atoms with Crippen molar-refractivity contribution >= 4 is 33.7 Å². The molecule has 3 aromatic rings. The van der Waals surface area contributed by atoms with Crippen LogP contribution in [0.3, 0.4) is 0 Å². The van der Waals surface area contributed by atoms with E-state index in [0.29, 0.717) is 10.7 Å². The molecule has 20 heavy (non-hydrogen) atoms. The summed E-state index contributed by atoms with van der Waals surface area (Å²) in [6, 6.07) is 7.46. The van der Waals surface area contributed by atoms with Crippen LogP contribution in [-0.4, -0.2) is 15.9 Å². The average Bonchev–Trinajstić information content (AvgIpc) is 3.09. The number of aromatic nitrogens is 2. The monoisotopic (exact) mass is 301 g/mol. The van der Waals surface area contributed by atoms with Crippen LogP contribution in [0.15, 0.2) is 42.0 Å². The highest BCUT2D eigenvalue weighted by molar-refractivity contribution is 7.17. The first-order chi connectivity index (χ1) is 9.72. The molecule has 0 unspecified atom stereocenters. The van der Waals surface area contributed by atoms with Gasteiger partial charge in [-0.3, -0.25) is 15.1 Å². The standard InChI is InChI=1S/C14H11N3OS2/c1-9-2-3-12(20-9)11-8-19-14(16-11)17-13(18)10-4-6-15-7-5-10/h2-8H,1H3,(H,16,17,18). The Balaban J connectivity index is 1.76. The number of nitrogens with zero attached hydrogens (tertiary/aromatic N) is 2. The van der Waals surface area contributed by atoms with E-state index < -0.39 is 0 Å². The van der Waals surface area contributed by atoms with E-state index >= 15 is 0 Å². The lowest BCUT2D eigenvalue weighted by Gasteiger charge is -2.00. The zero-order chi connectivity index (χ0) is 13.9. The second kappa shape index (κ2) is 5.52. The van der Waals surface area contributed by atoms with Crippen molar-refractivity contribution in [2.75, 3.05) is 5.32 Å². The molecule has 0 aliphatic carbocycles. The molecule has 3 heterocycles. The molecule has 0 aromatic carbocycles. The van der Waals surface area contributed by atoms with Gasteiger partial charge in [-0.15, -0.1) is 22.7 Å². The van der Waals surface area contributed by atoms with Crippen LogP contribution in [0, 0.1) is 6.92 Å². The van der Waals surface area contributed by atoms with E-state index in [1.807, 2.05) is 11.4 Å². The maximum absolute atomic E-state index is 12.0. The van der Waals surface area contributed by atoms with Crippen LogP contribution < -0.4 is 5.32 Å². The molecule has 3 rings (SSSR count). The van der Waals surface area contributed by atoms with Crippen molar-refractivity contribution in [2.24, 2.45) is 0 Å². The number of carbonyl (C=O) groups is 1. The summed E-state index contributed by atoms with van der Waals surface area (Å²) >= 11 is 3.12. The zero-order valence-electron chi connectivity index (χ0n) is 10.7. The van der Waals surface area contributed by atoms with E-state index in [4.69, 9.17) is 0 Å². The fourth-order valence-electron chi connectivity index (χ4n) is 1.69. The zero-order valence-corrected chi connectivity index (χ0v) is 12.3. The number of carbonyl (C=O) groups excluding carboxylic acids is 1. The van der Waals surface area contributed by atoms with E-state index in [0.717, 1.165) is 10.6 Å². The quantitative estimate of drug-likeness (QED) is 0.800. The number of amides is 1. The number of thiazole rings is 1. The number of rotatable bonds is 3. The van der Waals surface area contributed by atoms with E-state index in [1.54, 1.807) is 35.9 Å². The summed E-state index contributed by atoms with van der Waals surface area (Å²) in [4.78, 5) is 22.7. The minimum atomic E-state index is -0.171. The Kier molecular flexibility index (Phi) is 3.58. The third-order valence-corrected chi connectivity index (χ3v) is 4.44. The number of hydrogen-bond acceptors (Lipinski definition) is 5. The van der Waals surface area contributed by atoms with Crippen LogP contribution in [0.2, 0.25) is 0 Å². The van der Waals surface area contributed by atoms with Gasteiger partial charge in [-0.05, 0) is 31.2 Å². The maximum Gasteiger partial charge on any atom is 0.257 e. The first-order valence-electron chi connectivity index (χ1n) is 5.96. The fourth-order valence-corrected chi connectivity index (χ4v) is 3.30. The molecule has 4 nitrogen and oxygen atoms in total. The molecule has 100 valence electrons. The Morgan fingerprint density at radius 2 is 2.00 bits per heavy atom. The lowest BCUT2D eigenvalue weighted by molar-refractivity contribution is 0.102. The lowest BCUT2D eigenvalue weighted by atomic mass is 10.2. The van der Waals surface area contributed by atoms with Crippen LogP contribution >= 0.6 is 22.7 Å². The van der Waals surface area contributed by atoms with Gasteiger partial charge in [0.1, 0.15) is 0 Å². The molecule has 0 aliphatic rings. The molecular formula is C14H11N3OS2. The van der Waals surface area contributed by atoms with Crippen LogP contribution in [0.1, 0.15) is 15.2 Å². The molecule has 0 fully saturated rings. The molecule has 0 radical (unpaired) electrons. The molecule has 0 bridgehead atoms. The number of anilines is 1. The second-order valence-corrected chi connectivity index (χ2v) is 6.28. The van der Waals surface area contributed by atoms with Gasteiger partial charge in [0, 0.05) is 28.2 Å². The highest BCUT2D eigenvalue weighted by atomic mass is 32.1. The Morgan fingerprint density at radius 1 is 1.20 bits per heavy atom. The van der Waals surface area contributed by atoms with Crippen molar-refractivity contribution in [3.05, 3.63) is 52.5 Å². The first kappa shape index (κ1) is 13.0. The molecule has 0 spiro atoms. The maximum atomic E-state index is 12.0. The molecule has 0 aliphatic heterocycles. The second-order valence-electron chi connectivity index (χ2n) is 4.14. The Hall–Kier alpha value is -2.05. The molecule has 0 atom stereocenters. The molecule has 1 amide bonds. The number of thiophene rings is 1. The minimum Gasteiger partial charge on any atom is -0.298 e. The van der Waals surface area contributed by atoms with Crippen molar-refractivity contribution in [3.63, 3.8) is 0 Å². The molecule has 0 saturated carbocycles. The van der Waals surface area contributed by atoms with E-state index in [2.05, 4.69) is 28.3 Å². The van der Waals surface area contributed by atoms with Gasteiger partial charge in [0.2, 0.25) is 0 Å². The summed E-state index contributed by atoms with van der Waals surface area (Å²) < 4.78 is 0. The average molecular weight is 301 g/mol. The highest BCUT2D eigenvalue weighted by Gasteiger charge is 2.10. The number of aryl methyl sites for hydroxylation is 1. The van der Waals surface area contributed by atoms with Gasteiger partial charge in [0.05, 0.1) is 10.6 Å². The van der Waals surface area contributed by atoms with Crippen LogP contribution in [0.25, 0.3) is 10.6 Å². The van der Waals surface area contributed by atoms with Gasteiger partial charge >= 0.3 is 0 Å². The van der Waals surface area contributed by atoms with Crippen molar-refractivity contribution < 1.29 is 4.79 Å². The Labute approximate surface area is 124 Å². The van der Waals surface area contributed by atoms with Gasteiger partial charge in [0.15, 0.2) is 5.13 Å². The Morgan fingerprint density at radius 3 is 2.70 bits per heavy atom. The van der Waals surface area contributed by atoms with Crippen LogP contribution in [0.4, 0.5) is 5.13 Å². The largest absolute Gasteiger partial charge is 0.298 e. The van der Waals surface area contributed by atoms with Crippen molar-refractivity contribution in [1.82, 2.24) is 9.97 Å². The first-order valence-corrected chi connectivity index (χ1v) is 7.66. The summed E-state index contributed by atoms with van der Waals surface area (Å²) in [6.45, 7) is 2.06. The number of pyridine rings is 1. The minimum absolute atomic E-state index is 0.171. The van der Waals surface area contributed by atoms with Gasteiger partial charge < -0.3 is 0 Å². The highest BCUT2D eigenvalue weighted by Crippen LogP contribution is 2.30. The predicted octanol–water partition coefficient (Wildman–Crippen LogP) is 3.83. The van der Waals surface area contributed by atoms with Crippen molar-refractivity contribution in [1.29, 1.82) is 0 Å². The molecular weight excluding hydrogens is 290 g/mol. The van der Waals surface area contributed by atoms with Crippen LogP contribution in [-0.2, 0) is 0 Å². The van der Waals surface area contributed by atoms with E-state index in [9.17, 15) is 4.79 Å². The van der Waals surface area contributed by atoms with E-state index in [-0.39, 0.29) is 5.91 Å². The summed E-state index contributed by atoms with van der Waals surface area (Å²) in [5.41, 5.74) is 1.47. The smallest absolute Gasteiger partial charge is 0.257 e. The molecule has 6 heteroatoms. The van der Waals surface area contributed by atoms with Gasteiger partial charge in [-0.25, -0.2) is 4.98 Å². The van der Waals surface area contributed by atoms with Gasteiger partial charge in [-0.2, -0.15) is 0 Å². The summed E-state index contributed by atoms with van der Waals surface area (Å²) in [5, 5.41) is 5.36. The van der Waals surface area contributed by atoms with Crippen molar-refractivity contribution in [2.45, 2.75) is 6.92 Å². The SMILES string of the molecule is Cc1ccc(-c2csc(NC(=O)c3ccncc3)n2)s1. The topological polar surface area (TPSA) is 54.9 Å². The number of hydrogen-bond donors (Lipinski definition) is 1. The van der Waals surface area contributed by atoms with E-state index in [1.165, 1.54) is 16.2 Å². The predicted molar refractivity (Wildman–Crippen MR) is 82.4 cm³/mol. The number of nitrogens with one attached hydrogen (secondary N) is 1.